The van der Waals surface area contributed by atoms with Crippen molar-refractivity contribution in [1.29, 1.82) is 0 Å². The lowest BCUT2D eigenvalue weighted by Gasteiger charge is -2.27. The van der Waals surface area contributed by atoms with Gasteiger partial charge < -0.3 is 20.1 Å². The van der Waals surface area contributed by atoms with Crippen molar-refractivity contribution in [3.05, 3.63) is 65.7 Å². The van der Waals surface area contributed by atoms with E-state index in [1.807, 2.05) is 36.4 Å². The van der Waals surface area contributed by atoms with Gasteiger partial charge in [-0.1, -0.05) is 42.5 Å². The van der Waals surface area contributed by atoms with Crippen LogP contribution in [-0.4, -0.2) is 52.6 Å². The average Bonchev–Trinajstić information content (AvgIpc) is 2.80. The first-order valence-electron chi connectivity index (χ1n) is 9.71. The molecule has 1 aliphatic heterocycles. The Morgan fingerprint density at radius 2 is 1.70 bits per heavy atom. The Kier molecular flexibility index (Phi) is 6.31. The SMILES string of the molecule is Oc1ccccc1/C=N/Nc1nc(NCc2ccccc2)nc(N2CCOCC2)n1. The van der Waals surface area contributed by atoms with E-state index in [0.717, 1.165) is 5.56 Å². The number of hydrogen-bond acceptors (Lipinski definition) is 9. The molecule has 9 nitrogen and oxygen atoms in total. The number of morpholine rings is 1. The molecule has 1 saturated heterocycles. The molecule has 0 aliphatic carbocycles. The van der Waals surface area contributed by atoms with Crippen LogP contribution in [0.1, 0.15) is 11.1 Å². The van der Waals surface area contributed by atoms with Crippen LogP contribution in [0.3, 0.4) is 0 Å². The minimum atomic E-state index is 0.151. The average molecular weight is 405 g/mol. The molecule has 0 amide bonds. The smallest absolute Gasteiger partial charge is 0.250 e. The van der Waals surface area contributed by atoms with Crippen molar-refractivity contribution in [2.45, 2.75) is 6.54 Å². The summed E-state index contributed by atoms with van der Waals surface area (Å²) in [5.41, 5.74) is 4.55. The van der Waals surface area contributed by atoms with Crippen LogP contribution in [0.15, 0.2) is 59.7 Å². The number of aromatic nitrogens is 3. The Labute approximate surface area is 174 Å². The molecule has 30 heavy (non-hydrogen) atoms. The molecule has 0 atom stereocenters. The van der Waals surface area contributed by atoms with E-state index in [9.17, 15) is 5.11 Å². The van der Waals surface area contributed by atoms with Gasteiger partial charge >= 0.3 is 0 Å². The number of ether oxygens (including phenoxy) is 1. The van der Waals surface area contributed by atoms with E-state index < -0.39 is 0 Å². The second-order valence-corrected chi connectivity index (χ2v) is 6.65. The molecule has 9 heteroatoms. The maximum absolute atomic E-state index is 9.86. The number of hydrogen-bond donors (Lipinski definition) is 3. The van der Waals surface area contributed by atoms with Gasteiger partial charge in [0.15, 0.2) is 0 Å². The summed E-state index contributed by atoms with van der Waals surface area (Å²) in [5, 5.41) is 17.3. The Balaban J connectivity index is 1.52. The van der Waals surface area contributed by atoms with Gasteiger partial charge in [0.05, 0.1) is 19.4 Å². The van der Waals surface area contributed by atoms with Crippen molar-refractivity contribution >= 4 is 24.1 Å². The molecule has 0 bridgehead atoms. The van der Waals surface area contributed by atoms with Crippen LogP contribution in [0, 0.1) is 0 Å². The van der Waals surface area contributed by atoms with Crippen molar-refractivity contribution < 1.29 is 9.84 Å². The van der Waals surface area contributed by atoms with Crippen molar-refractivity contribution in [2.24, 2.45) is 5.10 Å². The molecule has 1 aromatic heterocycles. The molecule has 0 saturated carbocycles. The minimum Gasteiger partial charge on any atom is -0.507 e. The van der Waals surface area contributed by atoms with Crippen LogP contribution in [0.25, 0.3) is 0 Å². The zero-order valence-electron chi connectivity index (χ0n) is 16.4. The van der Waals surface area contributed by atoms with Gasteiger partial charge in [0.1, 0.15) is 5.75 Å². The van der Waals surface area contributed by atoms with E-state index in [-0.39, 0.29) is 5.75 Å². The third kappa shape index (κ3) is 5.21. The highest BCUT2D eigenvalue weighted by Gasteiger charge is 2.16. The van der Waals surface area contributed by atoms with Gasteiger partial charge in [0.2, 0.25) is 17.8 Å². The molecule has 0 spiro atoms. The van der Waals surface area contributed by atoms with E-state index in [2.05, 4.69) is 35.7 Å². The van der Waals surface area contributed by atoms with Gasteiger partial charge in [0.25, 0.3) is 0 Å². The quantitative estimate of drug-likeness (QED) is 0.406. The number of nitrogens with zero attached hydrogens (tertiary/aromatic N) is 5. The highest BCUT2D eigenvalue weighted by Crippen LogP contribution is 2.16. The second-order valence-electron chi connectivity index (χ2n) is 6.65. The highest BCUT2D eigenvalue weighted by molar-refractivity contribution is 5.83. The number of para-hydroxylation sites is 1. The Morgan fingerprint density at radius 1 is 0.967 bits per heavy atom. The number of rotatable bonds is 7. The third-order valence-electron chi connectivity index (χ3n) is 4.52. The molecule has 1 aliphatic rings. The second kappa shape index (κ2) is 9.66. The monoisotopic (exact) mass is 405 g/mol. The number of nitrogens with one attached hydrogen (secondary N) is 2. The molecule has 0 radical (unpaired) electrons. The lowest BCUT2D eigenvalue weighted by Crippen LogP contribution is -2.37. The van der Waals surface area contributed by atoms with E-state index >= 15 is 0 Å². The highest BCUT2D eigenvalue weighted by atomic mass is 16.5. The van der Waals surface area contributed by atoms with Crippen LogP contribution in [0.5, 0.6) is 5.75 Å². The number of phenolic OH excluding ortho intramolecular Hbond substituents is 1. The van der Waals surface area contributed by atoms with Crippen LogP contribution in [0.4, 0.5) is 17.8 Å². The van der Waals surface area contributed by atoms with E-state index in [1.54, 1.807) is 18.2 Å². The van der Waals surface area contributed by atoms with E-state index in [1.165, 1.54) is 6.21 Å². The first-order valence-corrected chi connectivity index (χ1v) is 9.71. The molecule has 3 N–H and O–H groups in total. The Hall–Kier alpha value is -3.72. The summed E-state index contributed by atoms with van der Waals surface area (Å²) in [5.74, 6) is 1.48. The lowest BCUT2D eigenvalue weighted by atomic mass is 10.2. The minimum absolute atomic E-state index is 0.151. The zero-order valence-corrected chi connectivity index (χ0v) is 16.4. The molecule has 1 fully saturated rings. The van der Waals surface area contributed by atoms with E-state index in [4.69, 9.17) is 4.74 Å². The van der Waals surface area contributed by atoms with Crippen LogP contribution in [-0.2, 0) is 11.3 Å². The van der Waals surface area contributed by atoms with Crippen molar-refractivity contribution in [3.63, 3.8) is 0 Å². The standard InChI is InChI=1S/C21H23N7O2/c29-18-9-5-4-8-17(18)15-23-27-20-24-19(22-14-16-6-2-1-3-7-16)25-21(26-20)28-10-12-30-13-11-28/h1-9,15,29H,10-14H2,(H2,22,24,25,26,27)/b23-15+. The molecule has 4 rings (SSSR count). The predicted octanol–water partition coefficient (Wildman–Crippen LogP) is 2.47. The fourth-order valence-corrected chi connectivity index (χ4v) is 2.93. The van der Waals surface area contributed by atoms with Gasteiger partial charge in [-0.05, 0) is 17.7 Å². The molecule has 154 valence electrons. The summed E-state index contributed by atoms with van der Waals surface area (Å²) in [6.45, 7) is 3.28. The lowest BCUT2D eigenvalue weighted by molar-refractivity contribution is 0.122. The fraction of sp³-hybridized carbons (Fsp3) is 0.238. The normalized spacial score (nSPS) is 14.1. The third-order valence-corrected chi connectivity index (χ3v) is 4.52. The van der Waals surface area contributed by atoms with Gasteiger partial charge in [-0.25, -0.2) is 5.43 Å². The van der Waals surface area contributed by atoms with Crippen LogP contribution < -0.4 is 15.6 Å². The van der Waals surface area contributed by atoms with Gasteiger partial charge in [-0.15, -0.1) is 0 Å². The van der Waals surface area contributed by atoms with Gasteiger partial charge in [0, 0.05) is 25.2 Å². The zero-order chi connectivity index (χ0) is 20.6. The van der Waals surface area contributed by atoms with Crippen molar-refractivity contribution in [2.75, 3.05) is 41.9 Å². The van der Waals surface area contributed by atoms with Crippen LogP contribution >= 0.6 is 0 Å². The number of benzene rings is 2. The van der Waals surface area contributed by atoms with Gasteiger partial charge in [-0.3, -0.25) is 0 Å². The Morgan fingerprint density at radius 3 is 2.50 bits per heavy atom. The topological polar surface area (TPSA) is 108 Å². The Bertz CT molecular complexity index is 992. The fourth-order valence-electron chi connectivity index (χ4n) is 2.93. The first-order chi connectivity index (χ1) is 14.8. The summed E-state index contributed by atoms with van der Waals surface area (Å²) >= 11 is 0. The summed E-state index contributed by atoms with van der Waals surface area (Å²) in [6, 6.07) is 17.0. The number of aromatic hydroxyl groups is 1. The maximum atomic E-state index is 9.86. The molecule has 2 heterocycles. The molecule has 3 aromatic rings. The molecule has 2 aromatic carbocycles. The van der Waals surface area contributed by atoms with Gasteiger partial charge in [-0.2, -0.15) is 20.1 Å². The van der Waals surface area contributed by atoms with Crippen molar-refractivity contribution in [3.8, 4) is 5.75 Å². The summed E-state index contributed by atoms with van der Waals surface area (Å²) in [7, 11) is 0. The molecular weight excluding hydrogens is 382 g/mol. The summed E-state index contributed by atoms with van der Waals surface area (Å²) in [4.78, 5) is 15.5. The largest absolute Gasteiger partial charge is 0.507 e. The van der Waals surface area contributed by atoms with Crippen molar-refractivity contribution in [1.82, 2.24) is 15.0 Å². The van der Waals surface area contributed by atoms with Crippen LogP contribution in [0.2, 0.25) is 0 Å². The first kappa shape index (κ1) is 19.6. The molecule has 0 unspecified atom stereocenters. The maximum Gasteiger partial charge on any atom is 0.250 e. The van der Waals surface area contributed by atoms with E-state index in [0.29, 0.717) is 56.3 Å². The number of anilines is 3. The predicted molar refractivity (Wildman–Crippen MR) is 116 cm³/mol. The number of hydrazone groups is 1. The number of phenols is 1. The summed E-state index contributed by atoms with van der Waals surface area (Å²) in [6.07, 6.45) is 1.52. The molecular formula is C21H23N7O2. The summed E-state index contributed by atoms with van der Waals surface area (Å²) < 4.78 is 5.42.